The minimum atomic E-state index is 0.0428. The van der Waals surface area contributed by atoms with Crippen molar-refractivity contribution >= 4 is 5.82 Å². The van der Waals surface area contributed by atoms with E-state index < -0.39 is 0 Å². The van der Waals surface area contributed by atoms with Crippen LogP contribution in [0.25, 0.3) is 0 Å². The summed E-state index contributed by atoms with van der Waals surface area (Å²) in [5, 5.41) is 17.7. The number of hydrogen-bond acceptors (Lipinski definition) is 5. The molecular formula is C13H22N4O. The Labute approximate surface area is 108 Å². The van der Waals surface area contributed by atoms with Crippen LogP contribution in [0, 0.1) is 0 Å². The third-order valence-corrected chi connectivity index (χ3v) is 3.32. The second-order valence-electron chi connectivity index (χ2n) is 5.77. The van der Waals surface area contributed by atoms with Crippen molar-refractivity contribution in [2.24, 2.45) is 0 Å². The summed E-state index contributed by atoms with van der Waals surface area (Å²) in [6.07, 6.45) is 0. The van der Waals surface area contributed by atoms with E-state index in [9.17, 15) is 0 Å². The van der Waals surface area contributed by atoms with Crippen molar-refractivity contribution < 1.29 is 5.11 Å². The van der Waals surface area contributed by atoms with Crippen molar-refractivity contribution in [3.05, 3.63) is 17.8 Å². The molecule has 0 unspecified atom stereocenters. The first-order chi connectivity index (χ1) is 8.50. The highest BCUT2D eigenvalue weighted by Gasteiger charge is 2.19. The molecule has 1 saturated heterocycles. The van der Waals surface area contributed by atoms with E-state index >= 15 is 0 Å². The molecule has 5 heteroatoms. The predicted molar refractivity (Wildman–Crippen MR) is 71.6 cm³/mol. The molecule has 1 aliphatic rings. The smallest absolute Gasteiger partial charge is 0.151 e. The van der Waals surface area contributed by atoms with E-state index in [1.54, 1.807) is 0 Å². The van der Waals surface area contributed by atoms with Gasteiger partial charge >= 0.3 is 0 Å². The Kier molecular flexibility index (Phi) is 3.82. The Morgan fingerprint density at radius 2 is 1.78 bits per heavy atom. The van der Waals surface area contributed by atoms with E-state index in [2.05, 4.69) is 41.9 Å². The molecule has 0 spiro atoms. The minimum absolute atomic E-state index is 0.0428. The van der Waals surface area contributed by atoms with Crippen molar-refractivity contribution in [3.8, 4) is 0 Å². The third kappa shape index (κ3) is 2.97. The summed E-state index contributed by atoms with van der Waals surface area (Å²) in [6.45, 7) is 10.1. The van der Waals surface area contributed by atoms with Gasteiger partial charge in [0.05, 0.1) is 12.4 Å². The fourth-order valence-electron chi connectivity index (χ4n) is 2.01. The molecule has 1 fully saturated rings. The molecule has 0 amide bonds. The minimum Gasteiger partial charge on any atom is -0.381 e. The van der Waals surface area contributed by atoms with E-state index in [0.29, 0.717) is 0 Å². The second-order valence-corrected chi connectivity index (χ2v) is 5.77. The van der Waals surface area contributed by atoms with Gasteiger partial charge in [0.1, 0.15) is 0 Å². The Morgan fingerprint density at radius 3 is 2.22 bits per heavy atom. The van der Waals surface area contributed by atoms with Crippen LogP contribution < -0.4 is 4.90 Å². The molecule has 1 aliphatic heterocycles. The standard InChI is InChI=1S/C13H22N4O/c1-13(2,3)11-4-5-12(15-14-11)17-8-6-16(10-18)7-9-17/h4-5,18H,6-10H2,1-3H3. The number of hydrogen-bond donors (Lipinski definition) is 1. The summed E-state index contributed by atoms with van der Waals surface area (Å²) < 4.78 is 0. The van der Waals surface area contributed by atoms with Crippen LogP contribution in [0.15, 0.2) is 12.1 Å². The average molecular weight is 250 g/mol. The van der Waals surface area contributed by atoms with Gasteiger partial charge in [-0.25, -0.2) is 0 Å². The van der Waals surface area contributed by atoms with Gasteiger partial charge in [0.2, 0.25) is 0 Å². The molecule has 5 nitrogen and oxygen atoms in total. The SMILES string of the molecule is CC(C)(C)c1ccc(N2CCN(CO)CC2)nn1. The van der Waals surface area contributed by atoms with Crippen molar-refractivity contribution in [1.82, 2.24) is 15.1 Å². The molecule has 0 bridgehead atoms. The van der Waals surface area contributed by atoms with Gasteiger partial charge < -0.3 is 10.0 Å². The largest absolute Gasteiger partial charge is 0.381 e. The van der Waals surface area contributed by atoms with Crippen molar-refractivity contribution in [3.63, 3.8) is 0 Å². The zero-order valence-corrected chi connectivity index (χ0v) is 11.4. The van der Waals surface area contributed by atoms with E-state index in [4.69, 9.17) is 5.11 Å². The second kappa shape index (κ2) is 5.20. The van der Waals surface area contributed by atoms with Gasteiger partial charge in [-0.3, -0.25) is 4.90 Å². The molecule has 2 rings (SSSR count). The zero-order chi connectivity index (χ0) is 13.2. The number of piperazine rings is 1. The molecule has 0 atom stereocenters. The molecule has 18 heavy (non-hydrogen) atoms. The van der Waals surface area contributed by atoms with Gasteiger partial charge in [-0.15, -0.1) is 5.10 Å². The maximum Gasteiger partial charge on any atom is 0.151 e. The number of aliphatic hydroxyl groups is 1. The van der Waals surface area contributed by atoms with Crippen LogP contribution in [0.3, 0.4) is 0 Å². The lowest BCUT2D eigenvalue weighted by molar-refractivity contribution is 0.102. The average Bonchev–Trinajstić information content (AvgIpc) is 2.38. The molecular weight excluding hydrogens is 228 g/mol. The Balaban J connectivity index is 2.02. The molecule has 1 aromatic heterocycles. The van der Waals surface area contributed by atoms with Crippen LogP contribution in [0.4, 0.5) is 5.82 Å². The number of aliphatic hydroxyl groups excluding tert-OH is 1. The van der Waals surface area contributed by atoms with Gasteiger partial charge in [0, 0.05) is 31.6 Å². The zero-order valence-electron chi connectivity index (χ0n) is 11.4. The van der Waals surface area contributed by atoms with Gasteiger partial charge in [-0.05, 0) is 12.1 Å². The van der Waals surface area contributed by atoms with E-state index in [1.165, 1.54) is 0 Å². The maximum atomic E-state index is 9.05. The molecule has 0 radical (unpaired) electrons. The number of aromatic nitrogens is 2. The van der Waals surface area contributed by atoms with Crippen molar-refractivity contribution in [2.75, 3.05) is 37.8 Å². The molecule has 0 saturated carbocycles. The molecule has 0 aliphatic carbocycles. The monoisotopic (exact) mass is 250 g/mol. The van der Waals surface area contributed by atoms with Gasteiger partial charge in [0.15, 0.2) is 5.82 Å². The van der Waals surface area contributed by atoms with Gasteiger partial charge in [-0.2, -0.15) is 5.10 Å². The van der Waals surface area contributed by atoms with Crippen LogP contribution in [-0.2, 0) is 5.41 Å². The number of rotatable bonds is 2. The first-order valence-electron chi connectivity index (χ1n) is 6.43. The van der Waals surface area contributed by atoms with Crippen LogP contribution in [-0.4, -0.2) is 53.1 Å². The van der Waals surface area contributed by atoms with Crippen LogP contribution >= 0.6 is 0 Å². The lowest BCUT2D eigenvalue weighted by Gasteiger charge is -2.34. The Hall–Kier alpha value is -1.20. The molecule has 0 aromatic carbocycles. The lowest BCUT2D eigenvalue weighted by atomic mass is 9.92. The molecule has 2 heterocycles. The Morgan fingerprint density at radius 1 is 1.11 bits per heavy atom. The highest BCUT2D eigenvalue weighted by molar-refractivity contribution is 5.38. The fraction of sp³-hybridized carbons (Fsp3) is 0.692. The summed E-state index contributed by atoms with van der Waals surface area (Å²) in [4.78, 5) is 4.24. The van der Waals surface area contributed by atoms with E-state index in [-0.39, 0.29) is 12.1 Å². The maximum absolute atomic E-state index is 9.05. The summed E-state index contributed by atoms with van der Waals surface area (Å²) in [7, 11) is 0. The summed E-state index contributed by atoms with van der Waals surface area (Å²) >= 11 is 0. The first kappa shape index (κ1) is 13.2. The molecule has 1 aromatic rings. The fourth-order valence-corrected chi connectivity index (χ4v) is 2.01. The lowest BCUT2D eigenvalue weighted by Crippen LogP contribution is -2.47. The summed E-state index contributed by atoms with van der Waals surface area (Å²) in [6, 6.07) is 4.10. The third-order valence-electron chi connectivity index (χ3n) is 3.32. The Bertz CT molecular complexity index is 377. The predicted octanol–water partition coefficient (Wildman–Crippen LogP) is 0.846. The summed E-state index contributed by atoms with van der Waals surface area (Å²) in [5.74, 6) is 0.931. The number of nitrogens with zero attached hydrogens (tertiary/aromatic N) is 4. The van der Waals surface area contributed by atoms with Gasteiger partial charge in [-0.1, -0.05) is 20.8 Å². The topological polar surface area (TPSA) is 52.5 Å². The van der Waals surface area contributed by atoms with Crippen LogP contribution in [0.2, 0.25) is 0 Å². The van der Waals surface area contributed by atoms with E-state index in [0.717, 1.165) is 37.7 Å². The quantitative estimate of drug-likeness (QED) is 0.843. The highest BCUT2D eigenvalue weighted by atomic mass is 16.3. The number of anilines is 1. The van der Waals surface area contributed by atoms with Crippen LogP contribution in [0.1, 0.15) is 26.5 Å². The van der Waals surface area contributed by atoms with Crippen LogP contribution in [0.5, 0.6) is 0 Å². The first-order valence-corrected chi connectivity index (χ1v) is 6.43. The van der Waals surface area contributed by atoms with E-state index in [1.807, 2.05) is 11.0 Å². The van der Waals surface area contributed by atoms with Crippen molar-refractivity contribution in [2.45, 2.75) is 26.2 Å². The van der Waals surface area contributed by atoms with Gasteiger partial charge in [0.25, 0.3) is 0 Å². The van der Waals surface area contributed by atoms with Crippen molar-refractivity contribution in [1.29, 1.82) is 0 Å². The summed E-state index contributed by atoms with van der Waals surface area (Å²) in [5.41, 5.74) is 1.06. The molecule has 100 valence electrons. The molecule has 1 N–H and O–H groups in total. The normalized spacial score (nSPS) is 18.1. The highest BCUT2D eigenvalue weighted by Crippen LogP contribution is 2.21.